The fourth-order valence-corrected chi connectivity index (χ4v) is 6.09. The normalized spacial score (nSPS) is 14.0. The van der Waals surface area contributed by atoms with E-state index in [2.05, 4.69) is 23.9 Å². The van der Waals surface area contributed by atoms with Crippen molar-refractivity contribution in [1.82, 2.24) is 14.9 Å². The Kier molecular flexibility index (Phi) is 11.2. The number of rotatable bonds is 15. The maximum absolute atomic E-state index is 13.9. The average molecular weight is 610 g/mol. The van der Waals surface area contributed by atoms with Crippen LogP contribution in [0, 0.1) is 5.92 Å². The number of aryl methyl sites for hydroxylation is 1. The summed E-state index contributed by atoms with van der Waals surface area (Å²) in [6, 6.07) is 23.0. The van der Waals surface area contributed by atoms with E-state index >= 15 is 0 Å². The van der Waals surface area contributed by atoms with Gasteiger partial charge in [0.1, 0.15) is 6.04 Å². The van der Waals surface area contributed by atoms with Gasteiger partial charge in [0.25, 0.3) is 0 Å². The fourth-order valence-electron chi connectivity index (χ4n) is 4.66. The van der Waals surface area contributed by atoms with Gasteiger partial charge in [0.2, 0.25) is 21.8 Å². The molecule has 2 N–H and O–H groups in total. The monoisotopic (exact) mass is 609 g/mol. The lowest BCUT2D eigenvalue weighted by Gasteiger charge is -2.32. The molecule has 1 aliphatic carbocycles. The molecule has 1 unspecified atom stereocenters. The first-order valence-corrected chi connectivity index (χ1v) is 16.4. The van der Waals surface area contributed by atoms with Gasteiger partial charge in [-0.2, -0.15) is 0 Å². The van der Waals surface area contributed by atoms with Crippen molar-refractivity contribution in [2.24, 2.45) is 5.92 Å². The topological polar surface area (TPSA) is 95.6 Å². The van der Waals surface area contributed by atoms with Crippen LogP contribution in [0.15, 0.2) is 83.8 Å². The van der Waals surface area contributed by atoms with Crippen LogP contribution in [-0.2, 0) is 39.0 Å². The summed E-state index contributed by atoms with van der Waals surface area (Å²) in [5.41, 5.74) is 2.69. The molecule has 42 heavy (non-hydrogen) atoms. The van der Waals surface area contributed by atoms with Crippen LogP contribution in [0.2, 0.25) is 5.02 Å². The third-order valence-corrected chi connectivity index (χ3v) is 9.11. The Morgan fingerprint density at radius 3 is 2.17 bits per heavy atom. The van der Waals surface area contributed by atoms with Gasteiger partial charge in [-0.25, -0.2) is 13.1 Å². The van der Waals surface area contributed by atoms with Crippen molar-refractivity contribution in [2.45, 2.75) is 75.9 Å². The molecule has 7 nitrogen and oxygen atoms in total. The fraction of sp³-hybridized carbons (Fsp3) is 0.394. The number of carbonyl (C=O) groups is 2. The number of sulfonamides is 1. The summed E-state index contributed by atoms with van der Waals surface area (Å²) in [5, 5.41) is 3.66. The Labute approximate surface area is 254 Å². The van der Waals surface area contributed by atoms with Gasteiger partial charge in [-0.15, -0.1) is 0 Å². The van der Waals surface area contributed by atoms with Crippen LogP contribution < -0.4 is 10.0 Å². The van der Waals surface area contributed by atoms with Crippen LogP contribution in [0.4, 0.5) is 0 Å². The van der Waals surface area contributed by atoms with Crippen LogP contribution in [0.25, 0.3) is 0 Å². The SMILES string of the molecule is CC(C)CCNC(=O)C(Cc1ccccc1)N(Cc1ccc(Cl)cc1)C(=O)CCc1ccc(S(=O)(=O)NC2CC2)cc1. The van der Waals surface area contributed by atoms with Crippen molar-refractivity contribution in [3.63, 3.8) is 0 Å². The van der Waals surface area contributed by atoms with Gasteiger partial charge in [-0.05, 0) is 72.6 Å². The highest BCUT2D eigenvalue weighted by Gasteiger charge is 2.30. The molecule has 0 radical (unpaired) electrons. The van der Waals surface area contributed by atoms with E-state index in [0.717, 1.165) is 36.0 Å². The second-order valence-electron chi connectivity index (χ2n) is 11.4. The molecule has 0 spiro atoms. The van der Waals surface area contributed by atoms with Crippen LogP contribution in [-0.4, -0.2) is 43.8 Å². The van der Waals surface area contributed by atoms with Crippen molar-refractivity contribution in [2.75, 3.05) is 6.54 Å². The van der Waals surface area contributed by atoms with E-state index in [4.69, 9.17) is 11.6 Å². The van der Waals surface area contributed by atoms with Crippen molar-refractivity contribution >= 4 is 33.4 Å². The van der Waals surface area contributed by atoms with Gasteiger partial charge in [-0.1, -0.05) is 80.0 Å². The Morgan fingerprint density at radius 1 is 0.905 bits per heavy atom. The van der Waals surface area contributed by atoms with E-state index in [-0.39, 0.29) is 35.7 Å². The molecule has 0 aromatic heterocycles. The molecule has 2 amide bonds. The summed E-state index contributed by atoms with van der Waals surface area (Å²) in [6.45, 7) is 5.01. The van der Waals surface area contributed by atoms with Gasteiger partial charge in [0.05, 0.1) is 4.90 Å². The van der Waals surface area contributed by atoms with E-state index in [9.17, 15) is 18.0 Å². The number of carbonyl (C=O) groups excluding carboxylic acids is 2. The van der Waals surface area contributed by atoms with Crippen LogP contribution in [0.5, 0.6) is 0 Å². The summed E-state index contributed by atoms with van der Waals surface area (Å²) in [4.78, 5) is 29.4. The molecule has 3 aromatic rings. The third kappa shape index (κ3) is 9.68. The number of nitrogens with zero attached hydrogens (tertiary/aromatic N) is 1. The first-order chi connectivity index (χ1) is 20.1. The zero-order valence-electron chi connectivity index (χ0n) is 24.3. The highest BCUT2D eigenvalue weighted by atomic mass is 35.5. The third-order valence-electron chi connectivity index (χ3n) is 7.32. The minimum Gasteiger partial charge on any atom is -0.354 e. The molecule has 1 saturated carbocycles. The lowest BCUT2D eigenvalue weighted by atomic mass is 10.0. The summed E-state index contributed by atoms with van der Waals surface area (Å²) in [7, 11) is -3.54. The second-order valence-corrected chi connectivity index (χ2v) is 13.5. The predicted octanol–water partition coefficient (Wildman–Crippen LogP) is 5.52. The molecule has 9 heteroatoms. The minimum absolute atomic E-state index is 0.0327. The summed E-state index contributed by atoms with van der Waals surface area (Å²) < 4.78 is 27.7. The molecule has 3 aromatic carbocycles. The number of hydrogen-bond donors (Lipinski definition) is 2. The van der Waals surface area contributed by atoms with Crippen molar-refractivity contribution in [3.8, 4) is 0 Å². The minimum atomic E-state index is -3.54. The van der Waals surface area contributed by atoms with E-state index in [0.29, 0.717) is 30.3 Å². The van der Waals surface area contributed by atoms with E-state index in [1.807, 2.05) is 42.5 Å². The van der Waals surface area contributed by atoms with Gasteiger partial charge in [0, 0.05) is 37.0 Å². The van der Waals surface area contributed by atoms with Crippen LogP contribution >= 0.6 is 11.6 Å². The molecular formula is C33H40ClN3O4S. The molecule has 1 aliphatic rings. The molecule has 0 saturated heterocycles. The first-order valence-electron chi connectivity index (χ1n) is 14.6. The Hall–Kier alpha value is -3.20. The lowest BCUT2D eigenvalue weighted by molar-refractivity contribution is -0.141. The molecule has 0 bridgehead atoms. The van der Waals surface area contributed by atoms with Crippen LogP contribution in [0.3, 0.4) is 0 Å². The van der Waals surface area contributed by atoms with Gasteiger partial charge in [0.15, 0.2) is 0 Å². The Morgan fingerprint density at radius 2 is 1.55 bits per heavy atom. The molecule has 224 valence electrons. The highest BCUT2D eigenvalue weighted by molar-refractivity contribution is 7.89. The highest BCUT2D eigenvalue weighted by Crippen LogP contribution is 2.23. The van der Waals surface area contributed by atoms with Crippen molar-refractivity contribution in [3.05, 3.63) is 101 Å². The predicted molar refractivity (Wildman–Crippen MR) is 167 cm³/mol. The van der Waals surface area contributed by atoms with E-state index in [1.165, 1.54) is 0 Å². The molecular weight excluding hydrogens is 570 g/mol. The summed E-state index contributed by atoms with van der Waals surface area (Å²) in [6.07, 6.45) is 3.55. The summed E-state index contributed by atoms with van der Waals surface area (Å²) in [5.74, 6) is 0.104. The average Bonchev–Trinajstić information content (AvgIpc) is 3.78. The van der Waals surface area contributed by atoms with Gasteiger partial charge >= 0.3 is 0 Å². The number of halogens is 1. The van der Waals surface area contributed by atoms with Crippen molar-refractivity contribution in [1.29, 1.82) is 0 Å². The zero-order chi connectivity index (χ0) is 30.1. The quantitative estimate of drug-likeness (QED) is 0.237. The number of amides is 2. The van der Waals surface area contributed by atoms with E-state index < -0.39 is 16.1 Å². The number of hydrogen-bond acceptors (Lipinski definition) is 4. The molecule has 1 atom stereocenters. The number of benzene rings is 3. The molecule has 0 aliphatic heterocycles. The number of nitrogens with one attached hydrogen (secondary N) is 2. The Bertz CT molecular complexity index is 1420. The van der Waals surface area contributed by atoms with Crippen molar-refractivity contribution < 1.29 is 18.0 Å². The maximum Gasteiger partial charge on any atom is 0.243 e. The van der Waals surface area contributed by atoms with Gasteiger partial charge < -0.3 is 10.2 Å². The second kappa shape index (κ2) is 14.8. The summed E-state index contributed by atoms with van der Waals surface area (Å²) >= 11 is 6.11. The largest absolute Gasteiger partial charge is 0.354 e. The standard InChI is InChI=1S/C33H40ClN3O4S/c1-24(2)20-21-35-33(39)31(22-26-6-4-3-5-7-26)37(23-27-8-13-28(34)14-9-27)32(38)19-12-25-10-17-30(18-11-25)42(40,41)36-29-15-16-29/h3-11,13-14,17-18,24,29,31,36H,12,15-16,19-23H2,1-2H3,(H,35,39). The molecule has 0 heterocycles. The Balaban J connectivity index is 1.53. The lowest BCUT2D eigenvalue weighted by Crippen LogP contribution is -2.50. The zero-order valence-corrected chi connectivity index (χ0v) is 25.8. The maximum atomic E-state index is 13.9. The molecule has 4 rings (SSSR count). The smallest absolute Gasteiger partial charge is 0.243 e. The van der Waals surface area contributed by atoms with Gasteiger partial charge in [-0.3, -0.25) is 9.59 Å². The first kappa shape index (κ1) is 31.7. The molecule has 1 fully saturated rings. The van der Waals surface area contributed by atoms with E-state index in [1.54, 1.807) is 41.3 Å². The van der Waals surface area contributed by atoms with Crippen LogP contribution in [0.1, 0.15) is 56.2 Å².